The number of sulfone groups is 1. The number of fused-ring (bicyclic) bond motifs is 1. The minimum Gasteiger partial charge on any atom is -0.227 e. The van der Waals surface area contributed by atoms with E-state index in [1.807, 2.05) is 27.7 Å². The molecule has 1 heterocycles. The monoisotopic (exact) mass is 378 g/mol. The molecule has 2 rings (SSSR count). The second-order valence-corrected chi connectivity index (χ2v) is 14.0. The van der Waals surface area contributed by atoms with Crippen LogP contribution in [0, 0.1) is 31.6 Å². The molecular weight excluding hydrogens is 340 g/mol. The lowest BCUT2D eigenvalue weighted by Crippen LogP contribution is -2.54. The van der Waals surface area contributed by atoms with Crippen LogP contribution in [-0.2, 0) is 14.6 Å². The van der Waals surface area contributed by atoms with Crippen LogP contribution in [0.5, 0.6) is 0 Å². The normalized spacial score (nSPS) is 26.1. The highest BCUT2D eigenvalue weighted by molar-refractivity contribution is 7.93. The van der Waals surface area contributed by atoms with Gasteiger partial charge in [-0.05, 0) is 93.0 Å². The Labute approximate surface area is 161 Å². The first-order valence-corrected chi connectivity index (χ1v) is 11.2. The van der Waals surface area contributed by atoms with Crippen molar-refractivity contribution < 1.29 is 8.42 Å². The van der Waals surface area contributed by atoms with Crippen molar-refractivity contribution in [3.8, 4) is 0 Å². The SMILES string of the molecule is Cc1cc(C)c2c(c1C)C(C)(C)S(=O)(=O)C(C)(C)C(C)(C)C2C(C)(C)C. The molecular formula is C23H38O2S. The lowest BCUT2D eigenvalue weighted by molar-refractivity contribution is 0.120. The number of rotatable bonds is 0. The molecule has 1 atom stereocenters. The maximum atomic E-state index is 14.0. The topological polar surface area (TPSA) is 34.1 Å². The fraction of sp³-hybridized carbons (Fsp3) is 0.739. The van der Waals surface area contributed by atoms with E-state index in [9.17, 15) is 8.42 Å². The van der Waals surface area contributed by atoms with Crippen LogP contribution < -0.4 is 0 Å². The molecule has 0 saturated carbocycles. The first-order chi connectivity index (χ1) is 11.3. The van der Waals surface area contributed by atoms with Crippen molar-refractivity contribution in [3.63, 3.8) is 0 Å². The molecule has 26 heavy (non-hydrogen) atoms. The number of aryl methyl sites for hydroxylation is 2. The molecule has 0 saturated heterocycles. The summed E-state index contributed by atoms with van der Waals surface area (Å²) < 4.78 is 26.2. The molecule has 148 valence electrons. The minimum atomic E-state index is -3.45. The minimum absolute atomic E-state index is 0.0576. The molecule has 0 bridgehead atoms. The second kappa shape index (κ2) is 5.59. The smallest absolute Gasteiger partial charge is 0.165 e. The molecule has 2 nitrogen and oxygen atoms in total. The van der Waals surface area contributed by atoms with Gasteiger partial charge in [0, 0.05) is 0 Å². The lowest BCUT2D eigenvalue weighted by Gasteiger charge is -2.50. The van der Waals surface area contributed by atoms with E-state index in [0.717, 1.165) is 11.1 Å². The molecule has 0 aliphatic carbocycles. The molecule has 0 fully saturated rings. The summed E-state index contributed by atoms with van der Waals surface area (Å²) in [5.74, 6) is 0.135. The molecule has 0 spiro atoms. The van der Waals surface area contributed by atoms with E-state index in [4.69, 9.17) is 0 Å². The van der Waals surface area contributed by atoms with Crippen molar-refractivity contribution in [2.75, 3.05) is 0 Å². The number of benzene rings is 1. The van der Waals surface area contributed by atoms with Crippen LogP contribution in [0.4, 0.5) is 0 Å². The summed E-state index contributed by atoms with van der Waals surface area (Å²) in [7, 11) is -3.45. The molecule has 0 aromatic heterocycles. The predicted molar refractivity (Wildman–Crippen MR) is 113 cm³/mol. The van der Waals surface area contributed by atoms with E-state index in [1.165, 1.54) is 16.7 Å². The third-order valence-corrected chi connectivity index (χ3v) is 10.9. The lowest BCUT2D eigenvalue weighted by atomic mass is 9.56. The summed E-state index contributed by atoms with van der Waals surface area (Å²) >= 11 is 0. The largest absolute Gasteiger partial charge is 0.227 e. The van der Waals surface area contributed by atoms with E-state index < -0.39 is 24.7 Å². The third-order valence-electron chi connectivity index (χ3n) is 7.47. The van der Waals surface area contributed by atoms with Crippen molar-refractivity contribution in [1.82, 2.24) is 0 Å². The Morgan fingerprint density at radius 3 is 1.77 bits per heavy atom. The van der Waals surface area contributed by atoms with Crippen LogP contribution in [0.3, 0.4) is 0 Å². The Morgan fingerprint density at radius 1 is 0.885 bits per heavy atom. The fourth-order valence-corrected chi connectivity index (χ4v) is 8.22. The van der Waals surface area contributed by atoms with Gasteiger partial charge < -0.3 is 0 Å². The van der Waals surface area contributed by atoms with E-state index in [2.05, 4.69) is 61.5 Å². The second-order valence-electron chi connectivity index (χ2n) is 11.0. The molecule has 0 radical (unpaired) electrons. The van der Waals surface area contributed by atoms with Crippen molar-refractivity contribution >= 4 is 9.84 Å². The predicted octanol–water partition coefficient (Wildman–Crippen LogP) is 6.21. The first kappa shape index (κ1) is 21.5. The van der Waals surface area contributed by atoms with E-state index in [-0.39, 0.29) is 11.3 Å². The number of hydrogen-bond donors (Lipinski definition) is 0. The van der Waals surface area contributed by atoms with Crippen LogP contribution >= 0.6 is 0 Å². The Morgan fingerprint density at radius 2 is 1.35 bits per heavy atom. The van der Waals surface area contributed by atoms with Gasteiger partial charge in [0.25, 0.3) is 0 Å². The number of hydrogen-bond acceptors (Lipinski definition) is 2. The molecule has 0 N–H and O–H groups in total. The average Bonchev–Trinajstić information content (AvgIpc) is 2.43. The van der Waals surface area contributed by atoms with Gasteiger partial charge in [-0.3, -0.25) is 0 Å². The van der Waals surface area contributed by atoms with Gasteiger partial charge in [0.15, 0.2) is 9.84 Å². The zero-order chi connectivity index (χ0) is 20.7. The van der Waals surface area contributed by atoms with Crippen molar-refractivity contribution in [3.05, 3.63) is 33.9 Å². The van der Waals surface area contributed by atoms with Gasteiger partial charge in [-0.1, -0.05) is 40.7 Å². The highest BCUT2D eigenvalue weighted by atomic mass is 32.2. The van der Waals surface area contributed by atoms with Gasteiger partial charge >= 0.3 is 0 Å². The quantitative estimate of drug-likeness (QED) is 0.538. The molecule has 1 aliphatic heterocycles. The zero-order valence-electron chi connectivity index (χ0n) is 18.9. The van der Waals surface area contributed by atoms with Crippen molar-refractivity contribution in [2.45, 2.75) is 98.5 Å². The third kappa shape index (κ3) is 2.45. The molecule has 1 aromatic rings. The average molecular weight is 379 g/mol. The zero-order valence-corrected chi connectivity index (χ0v) is 19.7. The maximum Gasteiger partial charge on any atom is 0.165 e. The van der Waals surface area contributed by atoms with Crippen LogP contribution in [0.2, 0.25) is 0 Å². The standard InChI is InChI=1S/C23H38O2S/c1-14-13-15(2)17-18(16(14)3)22(9,10)26(24,25)23(11,12)21(7,8)19(17)20(4,5)6/h13,19H,1-12H3. The summed E-state index contributed by atoms with van der Waals surface area (Å²) in [6.45, 7) is 25.1. The summed E-state index contributed by atoms with van der Waals surface area (Å²) in [4.78, 5) is 0. The molecule has 0 amide bonds. The Balaban J connectivity index is 3.23. The summed E-state index contributed by atoms with van der Waals surface area (Å²) in [6, 6.07) is 2.24. The van der Waals surface area contributed by atoms with Gasteiger partial charge in [-0.25, -0.2) is 8.42 Å². The fourth-order valence-electron chi connectivity index (χ4n) is 5.60. The van der Waals surface area contributed by atoms with Gasteiger partial charge in [-0.2, -0.15) is 0 Å². The highest BCUT2D eigenvalue weighted by Crippen LogP contribution is 2.62. The van der Waals surface area contributed by atoms with E-state index in [0.29, 0.717) is 0 Å². The van der Waals surface area contributed by atoms with E-state index >= 15 is 0 Å². The summed E-state index contributed by atoms with van der Waals surface area (Å²) in [5.41, 5.74) is 5.34. The maximum absolute atomic E-state index is 14.0. The highest BCUT2D eigenvalue weighted by Gasteiger charge is 2.62. The van der Waals surface area contributed by atoms with Crippen LogP contribution in [0.25, 0.3) is 0 Å². The molecule has 1 unspecified atom stereocenters. The Hall–Kier alpha value is -0.830. The molecule has 1 aliphatic rings. The van der Waals surface area contributed by atoms with Crippen molar-refractivity contribution in [2.24, 2.45) is 10.8 Å². The Kier molecular flexibility index (Phi) is 4.62. The Bertz CT molecular complexity index is 847. The van der Waals surface area contributed by atoms with Crippen LogP contribution in [0.15, 0.2) is 6.07 Å². The summed E-state index contributed by atoms with van der Waals surface area (Å²) in [5, 5.41) is 0. The van der Waals surface area contributed by atoms with Gasteiger partial charge in [0.05, 0.1) is 9.49 Å². The van der Waals surface area contributed by atoms with Crippen LogP contribution in [-0.4, -0.2) is 13.2 Å². The summed E-state index contributed by atoms with van der Waals surface area (Å²) in [6.07, 6.45) is 0. The van der Waals surface area contributed by atoms with Gasteiger partial charge in [0.2, 0.25) is 0 Å². The van der Waals surface area contributed by atoms with Crippen molar-refractivity contribution in [1.29, 1.82) is 0 Å². The molecule has 3 heteroatoms. The van der Waals surface area contributed by atoms with Crippen LogP contribution in [0.1, 0.15) is 96.0 Å². The first-order valence-electron chi connectivity index (χ1n) is 9.68. The molecule has 1 aromatic carbocycles. The van der Waals surface area contributed by atoms with E-state index in [1.54, 1.807) is 0 Å². The van der Waals surface area contributed by atoms with Gasteiger partial charge in [-0.15, -0.1) is 0 Å². The van der Waals surface area contributed by atoms with Gasteiger partial charge in [0.1, 0.15) is 0 Å².